The molecule has 1 atom stereocenters. The van der Waals surface area contributed by atoms with Crippen molar-refractivity contribution in [3.8, 4) is 17.5 Å². The van der Waals surface area contributed by atoms with Gasteiger partial charge in [-0.3, -0.25) is 8.98 Å². The first-order valence-corrected chi connectivity index (χ1v) is 12.1. The third kappa shape index (κ3) is 5.80. The van der Waals surface area contributed by atoms with Crippen molar-refractivity contribution < 1.29 is 22.1 Å². The Kier molecular flexibility index (Phi) is 7.42. The van der Waals surface area contributed by atoms with E-state index >= 15 is 0 Å². The molecule has 32 heavy (non-hydrogen) atoms. The summed E-state index contributed by atoms with van der Waals surface area (Å²) >= 11 is 0. The van der Waals surface area contributed by atoms with E-state index in [1.807, 2.05) is 0 Å². The van der Waals surface area contributed by atoms with Gasteiger partial charge in [0, 0.05) is 20.1 Å². The van der Waals surface area contributed by atoms with E-state index in [0.717, 1.165) is 25.6 Å². The predicted octanol–water partition coefficient (Wildman–Crippen LogP) is 1.39. The summed E-state index contributed by atoms with van der Waals surface area (Å²) in [7, 11) is -2.03. The zero-order chi connectivity index (χ0) is 23.3. The van der Waals surface area contributed by atoms with Crippen LogP contribution in [0.2, 0.25) is 0 Å². The van der Waals surface area contributed by atoms with E-state index in [-0.39, 0.29) is 24.2 Å². The molecule has 1 saturated heterocycles. The molecule has 0 aliphatic carbocycles. The SMILES string of the molecule is CCOC(=O)CC1CCCN(c2ccc(-c3nnn(C)c3COS(C)(=O)=O)nc2C#N)C1. The van der Waals surface area contributed by atoms with Gasteiger partial charge < -0.3 is 9.64 Å². The summed E-state index contributed by atoms with van der Waals surface area (Å²) in [4.78, 5) is 18.4. The molecule has 11 nitrogen and oxygen atoms in total. The minimum absolute atomic E-state index is 0.147. The van der Waals surface area contributed by atoms with Gasteiger partial charge in [-0.15, -0.1) is 5.10 Å². The topological polar surface area (TPSA) is 140 Å². The molecule has 3 heterocycles. The molecule has 1 unspecified atom stereocenters. The van der Waals surface area contributed by atoms with Gasteiger partial charge in [0.1, 0.15) is 18.4 Å². The van der Waals surface area contributed by atoms with Gasteiger partial charge in [0.15, 0.2) is 5.69 Å². The lowest BCUT2D eigenvalue weighted by Gasteiger charge is -2.34. The number of aromatic nitrogens is 4. The highest BCUT2D eigenvalue weighted by molar-refractivity contribution is 7.85. The minimum Gasteiger partial charge on any atom is -0.466 e. The molecule has 2 aromatic rings. The fourth-order valence-electron chi connectivity index (χ4n) is 3.73. The zero-order valence-electron chi connectivity index (χ0n) is 18.3. The van der Waals surface area contributed by atoms with Crippen molar-refractivity contribution in [1.82, 2.24) is 20.0 Å². The van der Waals surface area contributed by atoms with Gasteiger partial charge in [0.25, 0.3) is 10.1 Å². The lowest BCUT2D eigenvalue weighted by molar-refractivity contribution is -0.144. The van der Waals surface area contributed by atoms with Gasteiger partial charge in [-0.2, -0.15) is 13.7 Å². The highest BCUT2D eigenvalue weighted by atomic mass is 32.2. The third-order valence-electron chi connectivity index (χ3n) is 5.20. The quantitative estimate of drug-likeness (QED) is 0.417. The Labute approximate surface area is 187 Å². The molecular weight excluding hydrogens is 436 g/mol. The molecule has 0 radical (unpaired) electrons. The molecule has 0 bridgehead atoms. The number of rotatable bonds is 8. The first-order valence-electron chi connectivity index (χ1n) is 10.3. The Hall–Kier alpha value is -3.04. The summed E-state index contributed by atoms with van der Waals surface area (Å²) in [5.74, 6) is -0.0615. The highest BCUT2D eigenvalue weighted by Gasteiger charge is 2.26. The van der Waals surface area contributed by atoms with E-state index in [0.29, 0.717) is 42.3 Å². The molecule has 2 aromatic heterocycles. The summed E-state index contributed by atoms with van der Waals surface area (Å²) in [6.45, 7) is 3.29. The number of nitriles is 1. The first-order chi connectivity index (χ1) is 15.2. The number of anilines is 1. The smallest absolute Gasteiger partial charge is 0.306 e. The lowest BCUT2D eigenvalue weighted by atomic mass is 9.94. The lowest BCUT2D eigenvalue weighted by Crippen LogP contribution is -2.37. The van der Waals surface area contributed by atoms with Crippen molar-refractivity contribution in [2.24, 2.45) is 13.0 Å². The number of aryl methyl sites for hydroxylation is 1. The van der Waals surface area contributed by atoms with Crippen LogP contribution >= 0.6 is 0 Å². The Morgan fingerprint density at radius 2 is 2.16 bits per heavy atom. The number of piperidine rings is 1. The minimum atomic E-state index is -3.65. The Morgan fingerprint density at radius 1 is 1.38 bits per heavy atom. The summed E-state index contributed by atoms with van der Waals surface area (Å²) in [5, 5.41) is 17.7. The number of esters is 1. The van der Waals surface area contributed by atoms with Gasteiger partial charge in [0.2, 0.25) is 0 Å². The molecule has 172 valence electrons. The van der Waals surface area contributed by atoms with Crippen LogP contribution in [-0.4, -0.2) is 60.3 Å². The van der Waals surface area contributed by atoms with Crippen molar-refractivity contribution in [3.63, 3.8) is 0 Å². The zero-order valence-corrected chi connectivity index (χ0v) is 19.1. The number of pyridine rings is 1. The maximum Gasteiger partial charge on any atom is 0.306 e. The normalized spacial score (nSPS) is 16.6. The van der Waals surface area contributed by atoms with Crippen LogP contribution in [0.4, 0.5) is 5.69 Å². The number of carbonyl (C=O) groups excluding carboxylic acids is 1. The summed E-state index contributed by atoms with van der Waals surface area (Å²) in [6.07, 6.45) is 3.13. The number of hydrogen-bond acceptors (Lipinski definition) is 10. The highest BCUT2D eigenvalue weighted by Crippen LogP contribution is 2.29. The van der Waals surface area contributed by atoms with Gasteiger partial charge in [-0.25, -0.2) is 9.67 Å². The molecule has 1 aliphatic heterocycles. The summed E-state index contributed by atoms with van der Waals surface area (Å²) in [6, 6.07) is 5.65. The van der Waals surface area contributed by atoms with Crippen molar-refractivity contribution in [2.45, 2.75) is 32.8 Å². The van der Waals surface area contributed by atoms with Crippen LogP contribution in [0.5, 0.6) is 0 Å². The molecule has 0 saturated carbocycles. The maximum atomic E-state index is 11.9. The number of ether oxygens (including phenoxy) is 1. The van der Waals surface area contributed by atoms with Gasteiger partial charge in [-0.1, -0.05) is 5.21 Å². The second kappa shape index (κ2) is 10.1. The fraction of sp³-hybridized carbons (Fsp3) is 0.550. The summed E-state index contributed by atoms with van der Waals surface area (Å²) < 4.78 is 34.1. The molecular formula is C20H26N6O5S. The van der Waals surface area contributed by atoms with Crippen LogP contribution in [0.3, 0.4) is 0 Å². The summed E-state index contributed by atoms with van der Waals surface area (Å²) in [5.41, 5.74) is 2.07. The average molecular weight is 463 g/mol. The van der Waals surface area contributed by atoms with Crippen LogP contribution in [-0.2, 0) is 37.5 Å². The molecule has 3 rings (SSSR count). The first kappa shape index (κ1) is 23.6. The number of nitrogens with zero attached hydrogens (tertiary/aromatic N) is 6. The van der Waals surface area contributed by atoms with E-state index < -0.39 is 10.1 Å². The van der Waals surface area contributed by atoms with E-state index in [1.54, 1.807) is 26.1 Å². The van der Waals surface area contributed by atoms with Gasteiger partial charge in [-0.05, 0) is 37.8 Å². The Balaban J connectivity index is 1.83. The number of carbonyl (C=O) groups is 1. The average Bonchev–Trinajstić information content (AvgIpc) is 3.12. The van der Waals surface area contributed by atoms with E-state index in [2.05, 4.69) is 26.3 Å². The largest absolute Gasteiger partial charge is 0.466 e. The van der Waals surface area contributed by atoms with Crippen molar-refractivity contribution in [1.29, 1.82) is 5.26 Å². The van der Waals surface area contributed by atoms with Crippen molar-refractivity contribution >= 4 is 21.8 Å². The molecule has 1 aliphatic rings. The van der Waals surface area contributed by atoms with Gasteiger partial charge in [0.05, 0.1) is 36.4 Å². The van der Waals surface area contributed by atoms with Crippen molar-refractivity contribution in [2.75, 3.05) is 30.9 Å². The van der Waals surface area contributed by atoms with Crippen LogP contribution in [0, 0.1) is 17.2 Å². The predicted molar refractivity (Wildman–Crippen MR) is 115 cm³/mol. The Morgan fingerprint density at radius 3 is 2.84 bits per heavy atom. The van der Waals surface area contributed by atoms with E-state index in [1.165, 1.54) is 4.68 Å². The van der Waals surface area contributed by atoms with E-state index in [4.69, 9.17) is 8.92 Å². The second-order valence-corrected chi connectivity index (χ2v) is 9.26. The molecule has 0 N–H and O–H groups in total. The van der Waals surface area contributed by atoms with Gasteiger partial charge >= 0.3 is 5.97 Å². The molecule has 0 aromatic carbocycles. The Bertz CT molecular complexity index is 1120. The molecule has 1 fully saturated rings. The van der Waals surface area contributed by atoms with Crippen molar-refractivity contribution in [3.05, 3.63) is 23.5 Å². The fourth-order valence-corrected chi connectivity index (χ4v) is 4.05. The number of hydrogen-bond donors (Lipinski definition) is 0. The van der Waals surface area contributed by atoms with Crippen LogP contribution in [0.25, 0.3) is 11.4 Å². The molecule has 0 spiro atoms. The van der Waals surface area contributed by atoms with Crippen LogP contribution in [0.1, 0.15) is 37.6 Å². The third-order valence-corrected chi connectivity index (χ3v) is 5.74. The van der Waals surface area contributed by atoms with Crippen LogP contribution < -0.4 is 4.90 Å². The van der Waals surface area contributed by atoms with Crippen LogP contribution in [0.15, 0.2) is 12.1 Å². The maximum absolute atomic E-state index is 11.9. The molecule has 12 heteroatoms. The second-order valence-electron chi connectivity index (χ2n) is 7.61. The van der Waals surface area contributed by atoms with E-state index in [9.17, 15) is 18.5 Å². The monoisotopic (exact) mass is 462 g/mol. The standard InChI is InChI=1S/C20H26N6O5S/c1-4-30-19(27)10-14-6-5-9-26(12-14)17-8-7-15(22-16(17)11-21)20-18(25(2)24-23-20)13-31-32(3,28)29/h7-8,14H,4-6,9-10,12-13H2,1-3H3. The molecule has 0 amide bonds.